The third kappa shape index (κ3) is 1.97. The molecule has 18 heavy (non-hydrogen) atoms. The van der Waals surface area contributed by atoms with Gasteiger partial charge in [-0.05, 0) is 38.0 Å². The standard InChI is InChI=1S/C15H17N3/c1-15(2,16)8-10-3-4-11-12-9-17-6-5-13(12)18-14(11)7-10/h3-7,9,18H,8,16H2,1-2H3. The molecule has 3 nitrogen and oxygen atoms in total. The van der Waals surface area contributed by atoms with Crippen LogP contribution in [0.25, 0.3) is 21.8 Å². The Morgan fingerprint density at radius 2 is 2.00 bits per heavy atom. The van der Waals surface area contributed by atoms with Crippen LogP contribution in [0.1, 0.15) is 19.4 Å². The Bertz CT molecular complexity index is 704. The van der Waals surface area contributed by atoms with Crippen LogP contribution in [-0.4, -0.2) is 15.5 Å². The average molecular weight is 239 g/mol. The van der Waals surface area contributed by atoms with Gasteiger partial charge in [0.2, 0.25) is 0 Å². The quantitative estimate of drug-likeness (QED) is 0.722. The summed E-state index contributed by atoms with van der Waals surface area (Å²) in [5.41, 5.74) is 9.43. The van der Waals surface area contributed by atoms with Crippen LogP contribution in [0.3, 0.4) is 0 Å². The van der Waals surface area contributed by atoms with Crippen molar-refractivity contribution in [3.8, 4) is 0 Å². The summed E-state index contributed by atoms with van der Waals surface area (Å²) in [7, 11) is 0. The molecular formula is C15H17N3. The largest absolute Gasteiger partial charge is 0.354 e. The molecule has 2 aromatic heterocycles. The van der Waals surface area contributed by atoms with Crippen LogP contribution in [0, 0.1) is 0 Å². The number of nitrogens with zero attached hydrogens (tertiary/aromatic N) is 1. The summed E-state index contributed by atoms with van der Waals surface area (Å²) in [5.74, 6) is 0. The SMILES string of the molecule is CC(C)(N)Cc1ccc2c(c1)[nH]c1ccncc12. The highest BCUT2D eigenvalue weighted by Gasteiger charge is 2.12. The molecule has 1 aromatic carbocycles. The van der Waals surface area contributed by atoms with Gasteiger partial charge in [0.15, 0.2) is 0 Å². The minimum atomic E-state index is -0.179. The molecular weight excluding hydrogens is 222 g/mol. The molecule has 3 N–H and O–H groups in total. The highest BCUT2D eigenvalue weighted by Crippen LogP contribution is 2.26. The number of nitrogens with two attached hydrogens (primary N) is 1. The predicted molar refractivity (Wildman–Crippen MR) is 75.6 cm³/mol. The number of fused-ring (bicyclic) bond motifs is 3. The first-order valence-electron chi connectivity index (χ1n) is 6.16. The van der Waals surface area contributed by atoms with Crippen molar-refractivity contribution in [2.45, 2.75) is 25.8 Å². The van der Waals surface area contributed by atoms with E-state index in [2.05, 4.69) is 28.2 Å². The number of aromatic nitrogens is 2. The summed E-state index contributed by atoms with van der Waals surface area (Å²) in [4.78, 5) is 7.60. The van der Waals surface area contributed by atoms with Crippen molar-refractivity contribution in [2.75, 3.05) is 0 Å². The van der Waals surface area contributed by atoms with E-state index >= 15 is 0 Å². The fraction of sp³-hybridized carbons (Fsp3) is 0.267. The number of hydrogen-bond acceptors (Lipinski definition) is 2. The molecule has 3 rings (SSSR count). The minimum absolute atomic E-state index is 0.179. The van der Waals surface area contributed by atoms with Crippen LogP contribution in [-0.2, 0) is 6.42 Å². The summed E-state index contributed by atoms with van der Waals surface area (Å²) in [5, 5.41) is 2.39. The lowest BCUT2D eigenvalue weighted by Crippen LogP contribution is -2.34. The van der Waals surface area contributed by atoms with E-state index < -0.39 is 0 Å². The van der Waals surface area contributed by atoms with Gasteiger partial charge in [0.05, 0.1) is 0 Å². The summed E-state index contributed by atoms with van der Waals surface area (Å²) < 4.78 is 0. The lowest BCUT2D eigenvalue weighted by Gasteiger charge is -2.18. The Hall–Kier alpha value is -1.87. The third-order valence-corrected chi connectivity index (χ3v) is 3.12. The Morgan fingerprint density at radius 1 is 1.17 bits per heavy atom. The zero-order valence-electron chi connectivity index (χ0n) is 10.7. The van der Waals surface area contributed by atoms with Crippen molar-refractivity contribution in [1.29, 1.82) is 0 Å². The van der Waals surface area contributed by atoms with Crippen LogP contribution in [0.5, 0.6) is 0 Å². The van der Waals surface area contributed by atoms with E-state index in [0.717, 1.165) is 17.5 Å². The molecule has 3 aromatic rings. The highest BCUT2D eigenvalue weighted by atomic mass is 14.7. The molecule has 0 radical (unpaired) electrons. The topological polar surface area (TPSA) is 54.7 Å². The van der Waals surface area contributed by atoms with Gasteiger partial charge in [0.1, 0.15) is 0 Å². The van der Waals surface area contributed by atoms with E-state index in [4.69, 9.17) is 5.73 Å². The fourth-order valence-corrected chi connectivity index (χ4v) is 2.43. The molecule has 0 aliphatic heterocycles. The van der Waals surface area contributed by atoms with E-state index in [0.29, 0.717) is 0 Å². The van der Waals surface area contributed by atoms with E-state index in [1.165, 1.54) is 16.3 Å². The molecule has 0 saturated carbocycles. The molecule has 0 spiro atoms. The molecule has 0 unspecified atom stereocenters. The van der Waals surface area contributed by atoms with Gasteiger partial charge in [-0.15, -0.1) is 0 Å². The maximum atomic E-state index is 6.07. The van der Waals surface area contributed by atoms with Gasteiger partial charge in [-0.3, -0.25) is 4.98 Å². The zero-order valence-corrected chi connectivity index (χ0v) is 10.7. The van der Waals surface area contributed by atoms with Crippen molar-refractivity contribution in [1.82, 2.24) is 9.97 Å². The second-order valence-electron chi connectivity index (χ2n) is 5.59. The van der Waals surface area contributed by atoms with Gasteiger partial charge >= 0.3 is 0 Å². The van der Waals surface area contributed by atoms with Crippen LogP contribution >= 0.6 is 0 Å². The van der Waals surface area contributed by atoms with Crippen molar-refractivity contribution in [2.24, 2.45) is 5.73 Å². The smallest absolute Gasteiger partial charge is 0.0495 e. The summed E-state index contributed by atoms with van der Waals surface area (Å²) >= 11 is 0. The number of H-pyrrole nitrogens is 1. The summed E-state index contributed by atoms with van der Waals surface area (Å²) in [6.45, 7) is 4.10. The number of rotatable bonds is 2. The van der Waals surface area contributed by atoms with Crippen molar-refractivity contribution in [3.05, 3.63) is 42.2 Å². The second-order valence-corrected chi connectivity index (χ2v) is 5.59. The third-order valence-electron chi connectivity index (χ3n) is 3.12. The number of aromatic amines is 1. The maximum Gasteiger partial charge on any atom is 0.0495 e. The first kappa shape index (κ1) is 11.2. The maximum absolute atomic E-state index is 6.07. The van der Waals surface area contributed by atoms with Gasteiger partial charge in [-0.1, -0.05) is 12.1 Å². The Morgan fingerprint density at radius 3 is 2.78 bits per heavy atom. The van der Waals surface area contributed by atoms with Gasteiger partial charge in [0, 0.05) is 39.7 Å². The minimum Gasteiger partial charge on any atom is -0.354 e. The first-order valence-corrected chi connectivity index (χ1v) is 6.16. The van der Waals surface area contributed by atoms with Crippen molar-refractivity contribution >= 4 is 21.8 Å². The van der Waals surface area contributed by atoms with Crippen LogP contribution < -0.4 is 5.73 Å². The number of pyridine rings is 1. The summed E-state index contributed by atoms with van der Waals surface area (Å²) in [6, 6.07) is 8.49. The zero-order chi connectivity index (χ0) is 12.8. The van der Waals surface area contributed by atoms with Crippen molar-refractivity contribution in [3.63, 3.8) is 0 Å². The van der Waals surface area contributed by atoms with Gasteiger partial charge in [-0.25, -0.2) is 0 Å². The van der Waals surface area contributed by atoms with Crippen LogP contribution in [0.4, 0.5) is 0 Å². The second kappa shape index (κ2) is 3.82. The van der Waals surface area contributed by atoms with E-state index in [-0.39, 0.29) is 5.54 Å². The fourth-order valence-electron chi connectivity index (χ4n) is 2.43. The predicted octanol–water partition coefficient (Wildman–Crippen LogP) is 3.00. The number of nitrogens with one attached hydrogen (secondary N) is 1. The van der Waals surface area contributed by atoms with Crippen molar-refractivity contribution < 1.29 is 0 Å². The average Bonchev–Trinajstić information content (AvgIpc) is 2.64. The Balaban J connectivity index is 2.15. The molecule has 0 fully saturated rings. The lowest BCUT2D eigenvalue weighted by atomic mass is 9.95. The highest BCUT2D eigenvalue weighted by molar-refractivity contribution is 6.06. The first-order chi connectivity index (χ1) is 8.53. The number of benzene rings is 1. The molecule has 0 aliphatic carbocycles. The molecule has 2 heterocycles. The van der Waals surface area contributed by atoms with E-state index in [1.807, 2.05) is 32.3 Å². The molecule has 0 saturated heterocycles. The number of hydrogen-bond donors (Lipinski definition) is 2. The van der Waals surface area contributed by atoms with Gasteiger partial charge < -0.3 is 10.7 Å². The van der Waals surface area contributed by atoms with Gasteiger partial charge in [-0.2, -0.15) is 0 Å². The lowest BCUT2D eigenvalue weighted by molar-refractivity contribution is 0.517. The summed E-state index contributed by atoms with van der Waals surface area (Å²) in [6.07, 6.45) is 4.58. The Kier molecular flexibility index (Phi) is 2.38. The molecule has 92 valence electrons. The van der Waals surface area contributed by atoms with Crippen LogP contribution in [0.2, 0.25) is 0 Å². The van der Waals surface area contributed by atoms with E-state index in [9.17, 15) is 0 Å². The normalized spacial score (nSPS) is 12.4. The molecule has 3 heteroatoms. The molecule has 0 atom stereocenters. The van der Waals surface area contributed by atoms with Gasteiger partial charge in [0.25, 0.3) is 0 Å². The van der Waals surface area contributed by atoms with E-state index in [1.54, 1.807) is 0 Å². The Labute approximate surface area is 106 Å². The van der Waals surface area contributed by atoms with Crippen LogP contribution in [0.15, 0.2) is 36.7 Å². The monoisotopic (exact) mass is 239 g/mol. The molecule has 0 aliphatic rings. The molecule has 0 bridgehead atoms. The molecule has 0 amide bonds.